The van der Waals surface area contributed by atoms with Crippen LogP contribution in [0, 0.1) is 0 Å². The average Bonchev–Trinajstić information content (AvgIpc) is 2.73. The molecule has 0 bridgehead atoms. The molecule has 0 unspecified atom stereocenters. The molecule has 0 atom stereocenters. The van der Waals surface area contributed by atoms with E-state index >= 15 is 0 Å². The first kappa shape index (κ1) is 11.6. The van der Waals surface area contributed by atoms with Crippen LogP contribution in [0.3, 0.4) is 0 Å². The largest absolute Gasteiger partial charge is 0.337 e. The van der Waals surface area contributed by atoms with Crippen LogP contribution in [0.4, 0.5) is 0 Å². The number of pyridine rings is 1. The topological polar surface area (TPSA) is 51.9 Å². The van der Waals surface area contributed by atoms with E-state index in [0.717, 1.165) is 12.4 Å². The van der Waals surface area contributed by atoms with Gasteiger partial charge >= 0.3 is 0 Å². The van der Waals surface area contributed by atoms with Crippen molar-refractivity contribution < 1.29 is 0 Å². The first-order chi connectivity index (χ1) is 8.27. The van der Waals surface area contributed by atoms with Gasteiger partial charge in [0.1, 0.15) is 5.82 Å². The van der Waals surface area contributed by atoms with E-state index in [1.165, 1.54) is 0 Å². The third-order valence-corrected chi connectivity index (χ3v) is 2.63. The lowest BCUT2D eigenvalue weighted by atomic mass is 10.4. The molecule has 0 aliphatic rings. The Hall–Kier alpha value is -1.88. The summed E-state index contributed by atoms with van der Waals surface area (Å²) in [5.74, 6) is 0.991. The van der Waals surface area contributed by atoms with Crippen LogP contribution in [0.25, 0.3) is 0 Å². The second kappa shape index (κ2) is 5.45. The van der Waals surface area contributed by atoms with Crippen molar-refractivity contribution in [1.82, 2.24) is 19.4 Å². The van der Waals surface area contributed by atoms with E-state index in [1.54, 1.807) is 29.1 Å². The molecule has 17 heavy (non-hydrogen) atoms. The highest BCUT2D eigenvalue weighted by Gasteiger charge is 1.98. The average molecular weight is 232 g/mol. The molecule has 1 N–H and O–H groups in total. The van der Waals surface area contributed by atoms with Crippen molar-refractivity contribution in [2.24, 2.45) is 7.05 Å². The molecule has 2 aromatic rings. The lowest BCUT2D eigenvalue weighted by Gasteiger charge is -2.06. The van der Waals surface area contributed by atoms with Gasteiger partial charge in [-0.25, -0.2) is 4.98 Å². The van der Waals surface area contributed by atoms with Crippen LogP contribution in [0.1, 0.15) is 5.82 Å². The zero-order valence-electron chi connectivity index (χ0n) is 9.84. The molecule has 0 saturated carbocycles. The molecular weight excluding hydrogens is 216 g/mol. The molecule has 5 nitrogen and oxygen atoms in total. The zero-order valence-corrected chi connectivity index (χ0v) is 9.84. The van der Waals surface area contributed by atoms with Gasteiger partial charge in [0.25, 0.3) is 5.56 Å². The Kier molecular flexibility index (Phi) is 3.72. The van der Waals surface area contributed by atoms with Crippen molar-refractivity contribution in [1.29, 1.82) is 0 Å². The lowest BCUT2D eigenvalue weighted by Crippen LogP contribution is -2.26. The maximum atomic E-state index is 11.4. The number of hydrogen-bond acceptors (Lipinski definition) is 3. The van der Waals surface area contributed by atoms with Gasteiger partial charge in [0.05, 0.1) is 6.54 Å². The van der Waals surface area contributed by atoms with Gasteiger partial charge in [0, 0.05) is 44.8 Å². The van der Waals surface area contributed by atoms with Crippen molar-refractivity contribution in [2.45, 2.75) is 13.1 Å². The third-order valence-electron chi connectivity index (χ3n) is 2.63. The van der Waals surface area contributed by atoms with Crippen LogP contribution in [-0.2, 0) is 20.1 Å². The van der Waals surface area contributed by atoms with Gasteiger partial charge in [-0.3, -0.25) is 4.79 Å². The van der Waals surface area contributed by atoms with Gasteiger partial charge in [0.15, 0.2) is 0 Å². The van der Waals surface area contributed by atoms with E-state index in [1.807, 2.05) is 23.9 Å². The van der Waals surface area contributed by atoms with Gasteiger partial charge in [-0.15, -0.1) is 0 Å². The summed E-state index contributed by atoms with van der Waals surface area (Å²) in [6.07, 6.45) is 5.49. The molecule has 2 aromatic heterocycles. The van der Waals surface area contributed by atoms with Crippen molar-refractivity contribution >= 4 is 0 Å². The first-order valence-corrected chi connectivity index (χ1v) is 5.60. The predicted octanol–water partition coefficient (Wildman–Crippen LogP) is 0.372. The van der Waals surface area contributed by atoms with E-state index in [0.29, 0.717) is 13.1 Å². The van der Waals surface area contributed by atoms with Gasteiger partial charge in [-0.2, -0.15) is 0 Å². The second-order valence-electron chi connectivity index (χ2n) is 3.86. The molecule has 0 aliphatic carbocycles. The van der Waals surface area contributed by atoms with Crippen LogP contribution in [0.5, 0.6) is 0 Å². The number of aromatic nitrogens is 3. The highest BCUT2D eigenvalue weighted by Crippen LogP contribution is 1.92. The minimum atomic E-state index is 0.0336. The van der Waals surface area contributed by atoms with Gasteiger partial charge < -0.3 is 14.5 Å². The van der Waals surface area contributed by atoms with Crippen LogP contribution >= 0.6 is 0 Å². The number of nitrogens with zero attached hydrogens (tertiary/aromatic N) is 3. The fourth-order valence-corrected chi connectivity index (χ4v) is 1.61. The number of hydrogen-bond donors (Lipinski definition) is 1. The normalized spacial score (nSPS) is 10.6. The van der Waals surface area contributed by atoms with Gasteiger partial charge in [-0.05, 0) is 6.07 Å². The van der Waals surface area contributed by atoms with Crippen LogP contribution in [0.15, 0.2) is 41.6 Å². The molecule has 0 radical (unpaired) electrons. The molecule has 2 rings (SSSR count). The SMILES string of the molecule is Cn1ccnc1CNCCn1ccccc1=O. The summed E-state index contributed by atoms with van der Waals surface area (Å²) in [6, 6.07) is 5.18. The predicted molar refractivity (Wildman–Crippen MR) is 65.6 cm³/mol. The highest BCUT2D eigenvalue weighted by atomic mass is 16.1. The Morgan fingerprint density at radius 1 is 1.35 bits per heavy atom. The Balaban J connectivity index is 1.79. The van der Waals surface area contributed by atoms with Crippen molar-refractivity contribution in [2.75, 3.05) is 6.54 Å². The molecule has 0 amide bonds. The number of rotatable bonds is 5. The lowest BCUT2D eigenvalue weighted by molar-refractivity contribution is 0.567. The fourth-order valence-electron chi connectivity index (χ4n) is 1.61. The Labute approximate surface area is 99.7 Å². The quantitative estimate of drug-likeness (QED) is 0.758. The third kappa shape index (κ3) is 3.04. The fraction of sp³-hybridized carbons (Fsp3) is 0.333. The standard InChI is InChI=1S/C12H16N4O/c1-15-8-6-14-11(15)10-13-5-9-16-7-3-2-4-12(16)17/h2-4,6-8,13H,5,9-10H2,1H3. The van der Waals surface area contributed by atoms with E-state index < -0.39 is 0 Å². The summed E-state index contributed by atoms with van der Waals surface area (Å²) in [6.45, 7) is 2.13. The van der Waals surface area contributed by atoms with Crippen molar-refractivity contribution in [3.63, 3.8) is 0 Å². The number of nitrogens with one attached hydrogen (secondary N) is 1. The molecule has 90 valence electrons. The summed E-state index contributed by atoms with van der Waals surface area (Å²) < 4.78 is 3.66. The maximum Gasteiger partial charge on any atom is 0.250 e. The number of imidazole rings is 1. The molecule has 0 spiro atoms. The molecule has 0 aliphatic heterocycles. The molecule has 2 heterocycles. The Morgan fingerprint density at radius 3 is 2.94 bits per heavy atom. The molecule has 0 fully saturated rings. The maximum absolute atomic E-state index is 11.4. The summed E-state index contributed by atoms with van der Waals surface area (Å²) in [7, 11) is 1.96. The van der Waals surface area contributed by atoms with E-state index in [4.69, 9.17) is 0 Å². The van der Waals surface area contributed by atoms with Crippen LogP contribution < -0.4 is 10.9 Å². The van der Waals surface area contributed by atoms with Crippen molar-refractivity contribution in [3.8, 4) is 0 Å². The highest BCUT2D eigenvalue weighted by molar-refractivity contribution is 4.93. The summed E-state index contributed by atoms with van der Waals surface area (Å²) in [5, 5.41) is 3.26. The molecule has 0 saturated heterocycles. The van der Waals surface area contributed by atoms with E-state index in [-0.39, 0.29) is 5.56 Å². The van der Waals surface area contributed by atoms with Crippen molar-refractivity contribution in [3.05, 3.63) is 53.0 Å². The Morgan fingerprint density at radius 2 is 2.24 bits per heavy atom. The van der Waals surface area contributed by atoms with Gasteiger partial charge in [-0.1, -0.05) is 6.07 Å². The zero-order chi connectivity index (χ0) is 12.1. The summed E-state index contributed by atoms with van der Waals surface area (Å²) in [4.78, 5) is 15.6. The van der Waals surface area contributed by atoms with Gasteiger partial charge in [0.2, 0.25) is 0 Å². The van der Waals surface area contributed by atoms with Crippen LogP contribution in [0.2, 0.25) is 0 Å². The first-order valence-electron chi connectivity index (χ1n) is 5.60. The minimum Gasteiger partial charge on any atom is -0.337 e. The van der Waals surface area contributed by atoms with E-state index in [2.05, 4.69) is 10.3 Å². The van der Waals surface area contributed by atoms with E-state index in [9.17, 15) is 4.79 Å². The Bertz CT molecular complexity index is 529. The number of aryl methyl sites for hydroxylation is 1. The molecule has 5 heteroatoms. The van der Waals surface area contributed by atoms with Crippen LogP contribution in [-0.4, -0.2) is 20.7 Å². The summed E-state index contributed by atoms with van der Waals surface area (Å²) in [5.41, 5.74) is 0.0336. The minimum absolute atomic E-state index is 0.0336. The smallest absolute Gasteiger partial charge is 0.250 e. The molecule has 0 aromatic carbocycles. The second-order valence-corrected chi connectivity index (χ2v) is 3.86. The summed E-state index contributed by atoms with van der Waals surface area (Å²) >= 11 is 0. The molecular formula is C12H16N4O. The monoisotopic (exact) mass is 232 g/mol.